The molecule has 0 aliphatic heterocycles. The first-order chi connectivity index (χ1) is 12.8. The zero-order valence-electron chi connectivity index (χ0n) is 14.6. The van der Waals surface area contributed by atoms with E-state index in [2.05, 4.69) is 21.9 Å². The SMILES string of the molecule is C#CCN(C(=O)c1ccccc1C)c1nc(CCC(F)(F)F)n(CC#C)n1. The fraction of sp³-hybridized carbons (Fsp3) is 0.316. The molecule has 1 aromatic heterocycles. The molecule has 0 radical (unpaired) electrons. The predicted octanol–water partition coefficient (Wildman–Crippen LogP) is 2.99. The lowest BCUT2D eigenvalue weighted by molar-refractivity contribution is -0.134. The minimum absolute atomic E-state index is 0.0416. The summed E-state index contributed by atoms with van der Waals surface area (Å²) < 4.78 is 38.8. The van der Waals surface area contributed by atoms with E-state index in [1.807, 2.05) is 0 Å². The quantitative estimate of drug-likeness (QED) is 0.731. The van der Waals surface area contributed by atoms with Crippen LogP contribution in [0.4, 0.5) is 19.1 Å². The second-order valence-corrected chi connectivity index (χ2v) is 5.72. The monoisotopic (exact) mass is 374 g/mol. The summed E-state index contributed by atoms with van der Waals surface area (Å²) in [5, 5.41) is 4.10. The van der Waals surface area contributed by atoms with Crippen LogP contribution in [0.15, 0.2) is 24.3 Å². The highest BCUT2D eigenvalue weighted by Gasteiger charge is 2.29. The van der Waals surface area contributed by atoms with Gasteiger partial charge in [-0.25, -0.2) is 4.68 Å². The molecule has 27 heavy (non-hydrogen) atoms. The maximum Gasteiger partial charge on any atom is 0.389 e. The third-order valence-corrected chi connectivity index (χ3v) is 3.72. The minimum atomic E-state index is -4.34. The van der Waals surface area contributed by atoms with Gasteiger partial charge in [-0.15, -0.1) is 17.9 Å². The summed E-state index contributed by atoms with van der Waals surface area (Å²) in [5.41, 5.74) is 1.13. The molecule has 1 heterocycles. The number of hydrogen-bond acceptors (Lipinski definition) is 3. The van der Waals surface area contributed by atoms with E-state index in [1.54, 1.807) is 31.2 Å². The number of halogens is 3. The van der Waals surface area contributed by atoms with Gasteiger partial charge in [-0.3, -0.25) is 9.69 Å². The molecule has 0 saturated carbocycles. The van der Waals surface area contributed by atoms with Gasteiger partial charge in [0.05, 0.1) is 13.0 Å². The van der Waals surface area contributed by atoms with Crippen LogP contribution < -0.4 is 4.90 Å². The molecule has 0 unspecified atom stereocenters. The predicted molar refractivity (Wildman–Crippen MR) is 94.9 cm³/mol. The second kappa shape index (κ2) is 8.41. The third kappa shape index (κ3) is 5.11. The lowest BCUT2D eigenvalue weighted by atomic mass is 10.1. The Balaban J connectivity index is 2.39. The number of rotatable bonds is 6. The summed E-state index contributed by atoms with van der Waals surface area (Å²) >= 11 is 0. The van der Waals surface area contributed by atoms with Gasteiger partial charge in [-0.05, 0) is 18.6 Å². The number of nitrogens with zero attached hydrogens (tertiary/aromatic N) is 4. The Morgan fingerprint density at radius 1 is 1.26 bits per heavy atom. The number of hydrogen-bond donors (Lipinski definition) is 0. The van der Waals surface area contributed by atoms with Gasteiger partial charge in [0, 0.05) is 12.0 Å². The summed E-state index contributed by atoms with van der Waals surface area (Å²) in [6.45, 7) is 1.56. The smallest absolute Gasteiger partial charge is 0.269 e. The minimum Gasteiger partial charge on any atom is -0.269 e. The molecular weight excluding hydrogens is 357 g/mol. The van der Waals surface area contributed by atoms with E-state index in [4.69, 9.17) is 12.8 Å². The molecule has 0 fully saturated rings. The average Bonchev–Trinajstić information content (AvgIpc) is 3.00. The largest absolute Gasteiger partial charge is 0.389 e. The van der Waals surface area contributed by atoms with Crippen LogP contribution in [0, 0.1) is 31.6 Å². The molecule has 5 nitrogen and oxygen atoms in total. The van der Waals surface area contributed by atoms with E-state index in [0.29, 0.717) is 5.56 Å². The first kappa shape index (κ1) is 20.1. The van der Waals surface area contributed by atoms with Crippen LogP contribution in [-0.2, 0) is 13.0 Å². The molecule has 0 aliphatic rings. The molecule has 0 saturated heterocycles. The van der Waals surface area contributed by atoms with Crippen LogP contribution in [0.1, 0.15) is 28.2 Å². The van der Waals surface area contributed by atoms with Crippen molar-refractivity contribution in [1.82, 2.24) is 14.8 Å². The number of carbonyl (C=O) groups is 1. The van der Waals surface area contributed by atoms with E-state index >= 15 is 0 Å². The average molecular weight is 374 g/mol. The molecule has 1 amide bonds. The molecular formula is C19H17F3N4O. The maximum absolute atomic E-state index is 12.9. The lowest BCUT2D eigenvalue weighted by Gasteiger charge is -2.17. The lowest BCUT2D eigenvalue weighted by Crippen LogP contribution is -2.33. The summed E-state index contributed by atoms with van der Waals surface area (Å²) in [5.74, 6) is 4.19. The Labute approximate surface area is 155 Å². The Morgan fingerprint density at radius 2 is 1.96 bits per heavy atom. The third-order valence-electron chi connectivity index (χ3n) is 3.72. The number of carbonyl (C=O) groups excluding carboxylic acids is 1. The Kier molecular flexibility index (Phi) is 6.25. The standard InChI is InChI=1S/C19H17F3N4O/c1-4-12-25(17(27)15-9-7-6-8-14(15)3)18-23-16(10-11-19(20,21)22)26(24-18)13-5-2/h1-2,6-9H,10-13H2,3H3. The highest BCUT2D eigenvalue weighted by molar-refractivity contribution is 6.06. The van der Waals surface area contributed by atoms with E-state index in [-0.39, 0.29) is 24.9 Å². The second-order valence-electron chi connectivity index (χ2n) is 5.72. The van der Waals surface area contributed by atoms with Crippen LogP contribution in [-0.4, -0.2) is 33.4 Å². The zero-order valence-corrected chi connectivity index (χ0v) is 14.6. The van der Waals surface area contributed by atoms with Gasteiger partial charge < -0.3 is 0 Å². The van der Waals surface area contributed by atoms with Gasteiger partial charge in [0.25, 0.3) is 11.9 Å². The Morgan fingerprint density at radius 3 is 2.56 bits per heavy atom. The van der Waals surface area contributed by atoms with E-state index < -0.39 is 24.9 Å². The van der Waals surface area contributed by atoms with Crippen LogP contribution in [0.3, 0.4) is 0 Å². The normalized spacial score (nSPS) is 10.9. The van der Waals surface area contributed by atoms with Crippen LogP contribution in [0.5, 0.6) is 0 Å². The van der Waals surface area contributed by atoms with Crippen molar-refractivity contribution in [3.63, 3.8) is 0 Å². The van der Waals surface area contributed by atoms with Crippen LogP contribution in [0.2, 0.25) is 0 Å². The summed E-state index contributed by atoms with van der Waals surface area (Å²) in [6, 6.07) is 6.88. The zero-order chi connectivity index (χ0) is 20.0. The molecule has 0 bridgehead atoms. The molecule has 140 valence electrons. The number of benzene rings is 1. The molecule has 2 aromatic rings. The van der Waals surface area contributed by atoms with E-state index in [9.17, 15) is 18.0 Å². The number of amides is 1. The highest BCUT2D eigenvalue weighted by atomic mass is 19.4. The maximum atomic E-state index is 12.9. The molecule has 1 aromatic carbocycles. The number of alkyl halides is 3. The fourth-order valence-electron chi connectivity index (χ4n) is 2.41. The van der Waals surface area contributed by atoms with Crippen molar-refractivity contribution in [1.29, 1.82) is 0 Å². The van der Waals surface area contributed by atoms with Gasteiger partial charge >= 0.3 is 6.18 Å². The topological polar surface area (TPSA) is 51.0 Å². The van der Waals surface area contributed by atoms with Gasteiger partial charge in [0.2, 0.25) is 0 Å². The summed E-state index contributed by atoms with van der Waals surface area (Å²) in [7, 11) is 0. The van der Waals surface area contributed by atoms with Crippen molar-refractivity contribution in [2.45, 2.75) is 32.5 Å². The molecule has 2 rings (SSSR count). The molecule has 0 spiro atoms. The number of anilines is 1. The molecule has 8 heteroatoms. The molecule has 0 aliphatic carbocycles. The van der Waals surface area contributed by atoms with Gasteiger partial charge in [-0.1, -0.05) is 30.0 Å². The first-order valence-corrected chi connectivity index (χ1v) is 8.01. The highest BCUT2D eigenvalue weighted by Crippen LogP contribution is 2.23. The van der Waals surface area contributed by atoms with Crippen molar-refractivity contribution in [2.24, 2.45) is 0 Å². The molecule has 0 N–H and O–H groups in total. The number of aryl methyl sites for hydroxylation is 2. The number of terminal acetylenes is 2. The van der Waals surface area contributed by atoms with Crippen molar-refractivity contribution < 1.29 is 18.0 Å². The van der Waals surface area contributed by atoms with Crippen molar-refractivity contribution in [3.8, 4) is 24.7 Å². The molecule has 0 atom stereocenters. The van der Waals surface area contributed by atoms with Crippen molar-refractivity contribution in [3.05, 3.63) is 41.2 Å². The number of aromatic nitrogens is 3. The van der Waals surface area contributed by atoms with Gasteiger partial charge in [0.1, 0.15) is 12.4 Å². The Bertz CT molecular complexity index is 903. The Hall–Kier alpha value is -3.26. The van der Waals surface area contributed by atoms with Crippen LogP contribution in [0.25, 0.3) is 0 Å². The van der Waals surface area contributed by atoms with E-state index in [0.717, 1.165) is 10.5 Å². The summed E-state index contributed by atoms with van der Waals surface area (Å²) in [6.07, 6.45) is 4.79. The first-order valence-electron chi connectivity index (χ1n) is 8.01. The van der Waals surface area contributed by atoms with Crippen molar-refractivity contribution >= 4 is 11.9 Å². The summed E-state index contributed by atoms with van der Waals surface area (Å²) in [4.78, 5) is 18.1. The van der Waals surface area contributed by atoms with E-state index in [1.165, 1.54) is 4.68 Å². The fourth-order valence-corrected chi connectivity index (χ4v) is 2.41. The van der Waals surface area contributed by atoms with Gasteiger partial charge in [0.15, 0.2) is 0 Å². The van der Waals surface area contributed by atoms with Crippen molar-refractivity contribution in [2.75, 3.05) is 11.4 Å². The van der Waals surface area contributed by atoms with Crippen LogP contribution >= 0.6 is 0 Å². The van der Waals surface area contributed by atoms with Gasteiger partial charge in [-0.2, -0.15) is 18.2 Å².